The highest BCUT2D eigenvalue weighted by molar-refractivity contribution is 5.72. The predicted octanol–water partition coefficient (Wildman–Crippen LogP) is 18.6. The minimum absolute atomic E-state index is 0.108. The molecule has 0 radical (unpaired) electrons. The third-order valence-electron chi connectivity index (χ3n) is 14.0. The highest BCUT2D eigenvalue weighted by Gasteiger charge is 2.21. The molecule has 0 aliphatic carbocycles. The normalized spacial score (nSPS) is 11.5. The first kappa shape index (κ1) is 54.7. The summed E-state index contributed by atoms with van der Waals surface area (Å²) in [6.07, 6.45) is 0. The topological polar surface area (TPSA) is 109 Å². The van der Waals surface area contributed by atoms with Crippen LogP contribution in [0.4, 0.5) is 0 Å². The summed E-state index contributed by atoms with van der Waals surface area (Å²) in [7, 11) is 0. The molecular formula is C72H67N7O2. The summed E-state index contributed by atoms with van der Waals surface area (Å²) in [6, 6.07) is 82.8. The van der Waals surface area contributed by atoms with Gasteiger partial charge in [-0.2, -0.15) is 0 Å². The van der Waals surface area contributed by atoms with Gasteiger partial charge in [-0.05, 0) is 116 Å². The molecule has 0 bridgehead atoms. The highest BCUT2D eigenvalue weighted by atomic mass is 16.4. The van der Waals surface area contributed by atoms with Crippen LogP contribution in [-0.2, 0) is 16.2 Å². The van der Waals surface area contributed by atoms with Gasteiger partial charge >= 0.3 is 0 Å². The molecular weight excluding hydrogens is 995 g/mol. The lowest BCUT2D eigenvalue weighted by Crippen LogP contribution is -2.10. The molecule has 0 N–H and O–H groups in total. The zero-order valence-corrected chi connectivity index (χ0v) is 47.5. The average molecular weight is 1060 g/mol. The number of hydrogen-bond donors (Lipinski definition) is 0. The van der Waals surface area contributed by atoms with Crippen molar-refractivity contribution in [2.24, 2.45) is 0 Å². The van der Waals surface area contributed by atoms with Crippen LogP contribution >= 0.6 is 0 Å². The summed E-state index contributed by atoms with van der Waals surface area (Å²) in [4.78, 5) is 0. The Morgan fingerprint density at radius 1 is 0.235 bits per heavy atom. The molecule has 9 aromatic carbocycles. The molecule has 0 amide bonds. The molecule has 0 aliphatic rings. The number of hydrogen-bond acceptors (Lipinski definition) is 8. The predicted molar refractivity (Wildman–Crippen MR) is 330 cm³/mol. The van der Waals surface area contributed by atoms with Gasteiger partial charge in [0, 0.05) is 39.1 Å². The summed E-state index contributed by atoms with van der Waals surface area (Å²) >= 11 is 0. The van der Waals surface area contributed by atoms with Crippen LogP contribution in [0.25, 0.3) is 96.5 Å². The van der Waals surface area contributed by atoms with E-state index in [0.717, 1.165) is 56.3 Å². The summed E-state index contributed by atoms with van der Waals surface area (Å²) in [6.45, 7) is 19.9. The number of nitrogens with zero attached hydrogens (tertiary/aromatic N) is 7. The summed E-state index contributed by atoms with van der Waals surface area (Å²) in [5, 5.41) is 25.9. The molecule has 0 saturated carbocycles. The molecule has 3 heterocycles. The van der Waals surface area contributed by atoms with Crippen molar-refractivity contribution in [3.05, 3.63) is 259 Å². The van der Waals surface area contributed by atoms with E-state index in [1.807, 2.05) is 109 Å². The molecule has 9 heteroatoms. The van der Waals surface area contributed by atoms with E-state index in [4.69, 9.17) is 8.83 Å². The van der Waals surface area contributed by atoms with E-state index in [2.05, 4.69) is 231 Å². The van der Waals surface area contributed by atoms with Crippen molar-refractivity contribution in [3.63, 3.8) is 0 Å². The van der Waals surface area contributed by atoms with E-state index in [9.17, 15) is 0 Å². The second kappa shape index (κ2) is 23.8. The van der Waals surface area contributed by atoms with Crippen LogP contribution in [0.3, 0.4) is 0 Å². The van der Waals surface area contributed by atoms with Gasteiger partial charge in [0.1, 0.15) is 0 Å². The third kappa shape index (κ3) is 13.3. The minimum Gasteiger partial charge on any atom is -0.416 e. The second-order valence-electron chi connectivity index (χ2n) is 23.1. The van der Waals surface area contributed by atoms with Crippen LogP contribution < -0.4 is 0 Å². The van der Waals surface area contributed by atoms with Gasteiger partial charge in [0.2, 0.25) is 23.6 Å². The molecule has 402 valence electrons. The monoisotopic (exact) mass is 1060 g/mol. The quantitative estimate of drug-likeness (QED) is 0.141. The van der Waals surface area contributed by atoms with E-state index < -0.39 is 0 Å². The summed E-state index contributed by atoms with van der Waals surface area (Å²) in [5.41, 5.74) is 15.8. The highest BCUT2D eigenvalue weighted by Crippen LogP contribution is 2.34. The molecule has 0 unspecified atom stereocenters. The molecule has 81 heavy (non-hydrogen) atoms. The average Bonchev–Trinajstić information content (AvgIpc) is 4.48. The van der Waals surface area contributed by atoms with E-state index in [-0.39, 0.29) is 16.2 Å². The van der Waals surface area contributed by atoms with Crippen molar-refractivity contribution in [2.45, 2.75) is 78.6 Å². The Morgan fingerprint density at radius 3 is 0.765 bits per heavy atom. The van der Waals surface area contributed by atoms with Gasteiger partial charge in [0.05, 0.1) is 0 Å². The van der Waals surface area contributed by atoms with E-state index in [1.54, 1.807) is 0 Å². The maximum absolute atomic E-state index is 5.90. The van der Waals surface area contributed by atoms with Gasteiger partial charge in [-0.1, -0.05) is 244 Å². The first-order valence-electron chi connectivity index (χ1n) is 27.4. The largest absolute Gasteiger partial charge is 0.416 e. The molecule has 12 rings (SSSR count). The third-order valence-corrected chi connectivity index (χ3v) is 14.0. The van der Waals surface area contributed by atoms with Crippen molar-refractivity contribution in [3.8, 4) is 96.5 Å². The van der Waals surface area contributed by atoms with Gasteiger partial charge < -0.3 is 8.83 Å². The summed E-state index contributed by atoms with van der Waals surface area (Å²) < 4.78 is 13.8. The lowest BCUT2D eigenvalue weighted by molar-refractivity contribution is 0.582. The molecule has 9 nitrogen and oxygen atoms in total. The standard InChI is InChI=1S/C30H27N3.C24H22N2O.C18H18N2O/c1-30(2,3)26-20-18-25(19-21-26)29-32-31-28(33(29)27-12-8-5-9-13-27)24-16-14-23(15-17-24)22-10-6-4-7-11-22;1-24(2,3)21-15-13-20(14-16-21)23-26-25-22(27-23)19-11-9-18(10-12-19)17-7-5-4-6-8-17;1-18(2,3)15-11-9-14(10-12-15)17-20-19-16(21-17)13-7-5-4-6-8-13/h4-21H,1-3H3;4-16H,1-3H3;4-12H,1-3H3. The van der Waals surface area contributed by atoms with Crippen molar-refractivity contribution in [1.29, 1.82) is 0 Å². The van der Waals surface area contributed by atoms with Gasteiger partial charge in [-0.25, -0.2) is 0 Å². The number of aromatic nitrogens is 7. The minimum atomic E-state index is 0.108. The molecule has 3 aromatic heterocycles. The number of rotatable bonds is 9. The van der Waals surface area contributed by atoms with Crippen LogP contribution in [0.15, 0.2) is 251 Å². The Hall–Kier alpha value is -9.60. The molecule has 0 saturated heterocycles. The molecule has 12 aromatic rings. The van der Waals surface area contributed by atoms with Crippen LogP contribution in [0.1, 0.15) is 79.0 Å². The zero-order valence-electron chi connectivity index (χ0n) is 47.5. The first-order chi connectivity index (χ1) is 39.0. The molecule has 0 fully saturated rings. The fourth-order valence-electron chi connectivity index (χ4n) is 9.20. The summed E-state index contributed by atoms with van der Waals surface area (Å²) in [5.74, 6) is 3.83. The van der Waals surface area contributed by atoms with Crippen LogP contribution in [-0.4, -0.2) is 35.2 Å². The fourth-order valence-corrected chi connectivity index (χ4v) is 9.20. The fraction of sp³-hybridized carbons (Fsp3) is 0.167. The second-order valence-corrected chi connectivity index (χ2v) is 23.1. The SMILES string of the molecule is CC(C)(C)c1ccc(-c2nnc(-c3ccc(-c4ccccc4)cc3)n2-c2ccccc2)cc1.CC(C)(C)c1ccc(-c2nnc(-c3ccc(-c4ccccc4)cc3)o2)cc1.CC(C)(C)c1ccc(-c2nnc(-c3ccccc3)o2)cc1. The molecule has 0 atom stereocenters. The van der Waals surface area contributed by atoms with Gasteiger partial charge in [-0.3, -0.25) is 4.57 Å². The van der Waals surface area contributed by atoms with E-state index in [0.29, 0.717) is 23.6 Å². The number of para-hydroxylation sites is 1. The van der Waals surface area contributed by atoms with Crippen molar-refractivity contribution < 1.29 is 8.83 Å². The Balaban J connectivity index is 0.000000140. The molecule has 0 spiro atoms. The Morgan fingerprint density at radius 2 is 0.457 bits per heavy atom. The van der Waals surface area contributed by atoms with E-state index >= 15 is 0 Å². The van der Waals surface area contributed by atoms with E-state index in [1.165, 1.54) is 33.4 Å². The Kier molecular flexibility index (Phi) is 16.1. The van der Waals surface area contributed by atoms with Crippen LogP contribution in [0, 0.1) is 0 Å². The maximum atomic E-state index is 5.90. The molecule has 0 aliphatic heterocycles. The zero-order chi connectivity index (χ0) is 56.6. The Labute approximate surface area is 476 Å². The van der Waals surface area contributed by atoms with Gasteiger partial charge in [-0.15, -0.1) is 30.6 Å². The van der Waals surface area contributed by atoms with Gasteiger partial charge in [0.25, 0.3) is 0 Å². The van der Waals surface area contributed by atoms with Crippen molar-refractivity contribution in [2.75, 3.05) is 0 Å². The van der Waals surface area contributed by atoms with Crippen molar-refractivity contribution >= 4 is 0 Å². The smallest absolute Gasteiger partial charge is 0.248 e. The first-order valence-corrected chi connectivity index (χ1v) is 27.4. The number of benzene rings is 9. The Bertz CT molecular complexity index is 3910. The van der Waals surface area contributed by atoms with Crippen molar-refractivity contribution in [1.82, 2.24) is 35.2 Å². The maximum Gasteiger partial charge on any atom is 0.248 e. The van der Waals surface area contributed by atoms with Gasteiger partial charge in [0.15, 0.2) is 11.6 Å². The van der Waals surface area contributed by atoms with Crippen LogP contribution in [0.2, 0.25) is 0 Å². The lowest BCUT2D eigenvalue weighted by Gasteiger charge is -2.19. The lowest BCUT2D eigenvalue weighted by atomic mass is 9.86. The van der Waals surface area contributed by atoms with Crippen LogP contribution in [0.5, 0.6) is 0 Å².